The van der Waals surface area contributed by atoms with Crippen molar-refractivity contribution in [1.82, 2.24) is 5.32 Å². The Morgan fingerprint density at radius 1 is 1.26 bits per heavy atom. The Balaban J connectivity index is -0.00000133. The zero-order valence-corrected chi connectivity index (χ0v) is 13.7. The summed E-state index contributed by atoms with van der Waals surface area (Å²) in [5.41, 5.74) is 0.169. The van der Waals surface area contributed by atoms with E-state index in [4.69, 9.17) is 28.3 Å². The molecule has 135 valence electrons. The standard InChI is InChI=1S/C11H12Cl2N2O5.Cu.2H2O/c12-10(13)11(18)14-8(5-16)9(17)6-1-3-7(4-2-6)15(19)20;;;/h1-4,8-10,16-17H,5H2,(H,14,18);;2*1H2/q;+2;;/p-2/t8-,9-;;;/m1.../s1. The molecule has 12 heteroatoms. The zero-order chi connectivity index (χ0) is 15.3. The number of non-ortho nitro benzene ring substituents is 1. The maximum Gasteiger partial charge on any atom is 2.00 e. The zero-order valence-electron chi connectivity index (χ0n) is 11.3. The van der Waals surface area contributed by atoms with Crippen LogP contribution in [0, 0.1) is 10.1 Å². The number of halogens is 2. The Bertz CT molecular complexity index is 490. The van der Waals surface area contributed by atoms with E-state index in [-0.39, 0.29) is 33.7 Å². The molecule has 0 saturated heterocycles. The van der Waals surface area contributed by atoms with E-state index in [1.54, 1.807) is 0 Å². The van der Waals surface area contributed by atoms with E-state index < -0.39 is 34.4 Å². The number of benzene rings is 1. The maximum atomic E-state index is 11.3. The number of hydrogen-bond donors (Lipinski definition) is 3. The molecule has 0 bridgehead atoms. The third-order valence-electron chi connectivity index (χ3n) is 2.55. The molecular weight excluding hydrogens is 407 g/mol. The molecule has 0 aliphatic heterocycles. The summed E-state index contributed by atoms with van der Waals surface area (Å²) in [4.78, 5) is 19.9. The van der Waals surface area contributed by atoms with Gasteiger partial charge in [0.2, 0.25) is 0 Å². The van der Waals surface area contributed by atoms with Gasteiger partial charge in [0, 0.05) is 12.1 Å². The number of carbonyl (C=O) groups excluding carboxylic acids is 1. The van der Waals surface area contributed by atoms with E-state index in [2.05, 4.69) is 5.32 Å². The summed E-state index contributed by atoms with van der Waals surface area (Å²) in [7, 11) is 0. The van der Waals surface area contributed by atoms with Gasteiger partial charge < -0.3 is 26.5 Å². The fourth-order valence-electron chi connectivity index (χ4n) is 1.50. The van der Waals surface area contributed by atoms with Crippen molar-refractivity contribution in [3.63, 3.8) is 0 Å². The van der Waals surface area contributed by atoms with Gasteiger partial charge in [0.05, 0.1) is 17.6 Å². The molecule has 0 aliphatic carbocycles. The summed E-state index contributed by atoms with van der Waals surface area (Å²) >= 11 is 10.7. The van der Waals surface area contributed by atoms with Crippen molar-refractivity contribution in [2.45, 2.75) is 17.0 Å². The van der Waals surface area contributed by atoms with Crippen LogP contribution in [-0.4, -0.2) is 49.5 Å². The number of alkyl halides is 2. The van der Waals surface area contributed by atoms with Gasteiger partial charge >= 0.3 is 17.1 Å². The average molecular weight is 421 g/mol. The summed E-state index contributed by atoms with van der Waals surface area (Å²) in [6.07, 6.45) is -1.25. The van der Waals surface area contributed by atoms with Crippen molar-refractivity contribution in [1.29, 1.82) is 0 Å². The average Bonchev–Trinajstić information content (AvgIpc) is 2.43. The predicted octanol–water partition coefficient (Wildman–Crippen LogP) is 0.553. The number of aliphatic hydroxyl groups is 2. The SMILES string of the molecule is O=C(N[C@H](CO)[C@H](O)c1ccc([N+](=O)[O-])cc1)C(Cl)Cl.[Cu+2].[OH-].[OH-]. The number of hydrogen-bond acceptors (Lipinski definition) is 7. The second-order valence-electron chi connectivity index (χ2n) is 3.89. The van der Waals surface area contributed by atoms with Crippen LogP contribution < -0.4 is 5.32 Å². The minimum atomic E-state index is -1.33. The van der Waals surface area contributed by atoms with Crippen molar-refractivity contribution >= 4 is 34.8 Å². The van der Waals surface area contributed by atoms with E-state index in [0.29, 0.717) is 5.56 Å². The molecule has 1 radical (unpaired) electrons. The Hall–Kier alpha value is -0.971. The van der Waals surface area contributed by atoms with E-state index in [9.17, 15) is 20.0 Å². The molecule has 0 fully saturated rings. The van der Waals surface area contributed by atoms with E-state index in [0.717, 1.165) is 0 Å². The van der Waals surface area contributed by atoms with Crippen LogP contribution in [0.25, 0.3) is 0 Å². The Morgan fingerprint density at radius 2 is 1.74 bits per heavy atom. The first-order valence-electron chi connectivity index (χ1n) is 5.48. The molecule has 1 rings (SSSR count). The molecule has 1 amide bonds. The molecule has 2 atom stereocenters. The molecule has 0 aromatic heterocycles. The van der Waals surface area contributed by atoms with Gasteiger partial charge in [-0.2, -0.15) is 0 Å². The quantitative estimate of drug-likeness (QED) is 0.261. The molecule has 0 spiro atoms. The smallest absolute Gasteiger partial charge is 0.870 e. The topological polar surface area (TPSA) is 173 Å². The largest absolute Gasteiger partial charge is 2.00 e. The number of nitrogens with one attached hydrogen (secondary N) is 1. The molecule has 1 aromatic carbocycles. The summed E-state index contributed by atoms with van der Waals surface area (Å²) < 4.78 is 0. The third kappa shape index (κ3) is 7.91. The molecule has 5 N–H and O–H groups in total. The molecule has 1 aromatic rings. The van der Waals surface area contributed by atoms with Crippen molar-refractivity contribution in [2.24, 2.45) is 0 Å². The van der Waals surface area contributed by atoms with E-state index in [1.165, 1.54) is 24.3 Å². The molecule has 0 aliphatic rings. The molecule has 0 unspecified atom stereocenters. The van der Waals surface area contributed by atoms with Gasteiger partial charge in [0.25, 0.3) is 11.6 Å². The summed E-state index contributed by atoms with van der Waals surface area (Å²) in [5, 5.41) is 31.9. The Morgan fingerprint density at radius 3 is 2.09 bits per heavy atom. The predicted molar refractivity (Wildman–Crippen MR) is 76.4 cm³/mol. The second-order valence-corrected chi connectivity index (χ2v) is 4.99. The number of nitro groups is 1. The van der Waals surface area contributed by atoms with E-state index in [1.807, 2.05) is 0 Å². The van der Waals surface area contributed by atoms with Crippen LogP contribution in [0.1, 0.15) is 11.7 Å². The number of amides is 1. The molecule has 9 nitrogen and oxygen atoms in total. The van der Waals surface area contributed by atoms with Gasteiger partial charge in [-0.1, -0.05) is 23.2 Å². The fourth-order valence-corrected chi connectivity index (χ4v) is 1.62. The molecule has 0 heterocycles. The van der Waals surface area contributed by atoms with E-state index >= 15 is 0 Å². The number of carbonyl (C=O) groups is 1. The van der Waals surface area contributed by atoms with Crippen molar-refractivity contribution in [3.8, 4) is 0 Å². The van der Waals surface area contributed by atoms with Crippen LogP contribution in [0.5, 0.6) is 0 Å². The van der Waals surface area contributed by atoms with Crippen molar-refractivity contribution in [2.75, 3.05) is 6.61 Å². The molecule has 23 heavy (non-hydrogen) atoms. The first-order chi connectivity index (χ1) is 9.36. The van der Waals surface area contributed by atoms with Crippen LogP contribution in [-0.2, 0) is 21.9 Å². The summed E-state index contributed by atoms with van der Waals surface area (Å²) in [6.45, 7) is -0.551. The van der Waals surface area contributed by atoms with Crippen molar-refractivity contribution in [3.05, 3.63) is 39.9 Å². The second kappa shape index (κ2) is 12.5. The first kappa shape index (κ1) is 26.9. The normalized spacial score (nSPS) is 12.0. The van der Waals surface area contributed by atoms with Crippen LogP contribution in [0.15, 0.2) is 24.3 Å². The summed E-state index contributed by atoms with van der Waals surface area (Å²) in [6, 6.07) is 4.05. The number of nitrogens with zero attached hydrogens (tertiary/aromatic N) is 1. The number of aliphatic hydroxyl groups excluding tert-OH is 2. The van der Waals surface area contributed by atoms with Crippen LogP contribution in [0.3, 0.4) is 0 Å². The van der Waals surface area contributed by atoms with Crippen LogP contribution in [0.2, 0.25) is 0 Å². The third-order valence-corrected chi connectivity index (χ3v) is 2.95. The van der Waals surface area contributed by atoms with Gasteiger partial charge in [-0.3, -0.25) is 14.9 Å². The maximum absolute atomic E-state index is 11.3. The monoisotopic (exact) mass is 419 g/mol. The Kier molecular flexibility index (Phi) is 14.6. The van der Waals surface area contributed by atoms with Gasteiger partial charge in [0.1, 0.15) is 6.10 Å². The van der Waals surface area contributed by atoms with Crippen LogP contribution in [0.4, 0.5) is 5.69 Å². The Labute approximate surface area is 151 Å². The van der Waals surface area contributed by atoms with Crippen molar-refractivity contribution < 1.29 is 48.0 Å². The minimum Gasteiger partial charge on any atom is -0.870 e. The fraction of sp³-hybridized carbons (Fsp3) is 0.364. The number of nitro benzene ring substituents is 1. The first-order valence-corrected chi connectivity index (χ1v) is 6.36. The van der Waals surface area contributed by atoms with Gasteiger partial charge in [-0.25, -0.2) is 0 Å². The van der Waals surface area contributed by atoms with Gasteiger partial charge in [-0.15, -0.1) is 0 Å². The minimum absolute atomic E-state index is 0. The van der Waals surface area contributed by atoms with Crippen LogP contribution >= 0.6 is 23.2 Å². The summed E-state index contributed by atoms with van der Waals surface area (Å²) in [5.74, 6) is -0.756. The molecular formula is C11H14Cl2CuN2O7. The van der Waals surface area contributed by atoms with Gasteiger partial charge in [0.15, 0.2) is 4.84 Å². The molecule has 0 saturated carbocycles. The number of rotatable bonds is 6. The van der Waals surface area contributed by atoms with Gasteiger partial charge in [-0.05, 0) is 17.7 Å².